The zero-order valence-corrected chi connectivity index (χ0v) is 27.5. The van der Waals surface area contributed by atoms with Crippen LogP contribution in [-0.4, -0.2) is 68.5 Å². The highest BCUT2D eigenvalue weighted by molar-refractivity contribution is 7.92. The van der Waals surface area contributed by atoms with Gasteiger partial charge in [0.15, 0.2) is 9.84 Å². The van der Waals surface area contributed by atoms with E-state index in [9.17, 15) is 27.0 Å². The first kappa shape index (κ1) is 34.8. The molecular formula is C31H45N5O7S2. The second-order valence-corrected chi connectivity index (χ2v) is 15.5. The number of nitrogens with zero attached hydrogens (tertiary/aromatic N) is 2. The lowest BCUT2D eigenvalue weighted by Gasteiger charge is -2.32. The highest BCUT2D eigenvalue weighted by Gasteiger charge is 2.35. The number of aliphatic hydroxyl groups excluding tert-OH is 1. The molecule has 1 aliphatic rings. The number of nitrogens with one attached hydrogen (secondary N) is 3. The fourth-order valence-electron chi connectivity index (χ4n) is 5.54. The highest BCUT2D eigenvalue weighted by atomic mass is 32.2. The number of aryl methyl sites for hydroxylation is 1. The number of phenols is 1. The van der Waals surface area contributed by atoms with Crippen LogP contribution >= 0.6 is 0 Å². The molecule has 0 bridgehead atoms. The average molecular weight is 664 g/mol. The summed E-state index contributed by atoms with van der Waals surface area (Å²) in [7, 11) is -7.54. The Kier molecular flexibility index (Phi) is 12.4. The maximum absolute atomic E-state index is 14.0. The maximum Gasteiger partial charge on any atom is 0.229 e. The Morgan fingerprint density at radius 1 is 1.00 bits per heavy atom. The molecule has 12 nitrogen and oxygen atoms in total. The summed E-state index contributed by atoms with van der Waals surface area (Å²) < 4.78 is 58.9. The van der Waals surface area contributed by atoms with Gasteiger partial charge in [0.05, 0.1) is 22.9 Å². The molecule has 1 aliphatic heterocycles. The molecule has 1 fully saturated rings. The molecule has 3 aromatic rings. The maximum atomic E-state index is 14.0. The minimum atomic E-state index is -3.88. The average Bonchev–Trinajstić information content (AvgIpc) is 3.49. The summed E-state index contributed by atoms with van der Waals surface area (Å²) in [5, 5.41) is 30.4. The molecule has 1 saturated heterocycles. The number of unbranched alkanes of at least 4 members (excludes halogenated alkanes) is 5. The lowest BCUT2D eigenvalue weighted by molar-refractivity contribution is 0.168. The summed E-state index contributed by atoms with van der Waals surface area (Å²) in [6.07, 6.45) is 8.75. The number of hydrogen-bond donors (Lipinski definition) is 5. The van der Waals surface area contributed by atoms with Gasteiger partial charge in [0.2, 0.25) is 21.7 Å². The fraction of sp³-hybridized carbons (Fsp3) is 0.548. The molecule has 2 atom stereocenters. The van der Waals surface area contributed by atoms with Crippen LogP contribution in [0.5, 0.6) is 5.75 Å². The molecule has 4 rings (SSSR count). The van der Waals surface area contributed by atoms with E-state index >= 15 is 0 Å². The Labute approximate surface area is 266 Å². The van der Waals surface area contributed by atoms with E-state index in [-0.39, 0.29) is 28.8 Å². The Hall–Kier alpha value is -3.04. The number of rotatable bonds is 17. The molecule has 0 saturated carbocycles. The van der Waals surface area contributed by atoms with Gasteiger partial charge >= 0.3 is 0 Å². The molecule has 1 aromatic heterocycles. The van der Waals surface area contributed by atoms with Crippen molar-refractivity contribution in [3.05, 3.63) is 53.9 Å². The molecule has 14 heteroatoms. The van der Waals surface area contributed by atoms with Gasteiger partial charge in [-0.25, -0.2) is 16.8 Å². The first-order chi connectivity index (χ1) is 21.5. The molecule has 2 unspecified atom stereocenters. The van der Waals surface area contributed by atoms with Crippen LogP contribution < -0.4 is 15.4 Å². The number of sulfonamides is 1. The van der Waals surface area contributed by atoms with Gasteiger partial charge in [0, 0.05) is 18.5 Å². The van der Waals surface area contributed by atoms with Crippen molar-refractivity contribution in [3.63, 3.8) is 0 Å². The van der Waals surface area contributed by atoms with E-state index in [0.717, 1.165) is 19.1 Å². The Bertz CT molecular complexity index is 1590. The first-order valence-corrected chi connectivity index (χ1v) is 19.0. The molecule has 2 aromatic carbocycles. The third kappa shape index (κ3) is 9.97. The van der Waals surface area contributed by atoms with Crippen LogP contribution in [0.2, 0.25) is 0 Å². The normalized spacial score (nSPS) is 16.0. The molecule has 248 valence electrons. The van der Waals surface area contributed by atoms with Crippen LogP contribution in [0.1, 0.15) is 75.8 Å². The van der Waals surface area contributed by atoms with E-state index in [1.54, 1.807) is 24.3 Å². The van der Waals surface area contributed by atoms with E-state index in [2.05, 4.69) is 32.4 Å². The van der Waals surface area contributed by atoms with E-state index < -0.39 is 31.3 Å². The minimum absolute atomic E-state index is 0.0761. The van der Waals surface area contributed by atoms with Crippen LogP contribution in [0.15, 0.2) is 51.9 Å². The number of aromatic nitrogens is 2. The molecule has 0 spiro atoms. The summed E-state index contributed by atoms with van der Waals surface area (Å²) >= 11 is 0. The fourth-order valence-corrected chi connectivity index (χ4v) is 8.00. The van der Waals surface area contributed by atoms with Gasteiger partial charge in [0.1, 0.15) is 11.1 Å². The van der Waals surface area contributed by atoms with Crippen LogP contribution in [0.4, 0.5) is 5.69 Å². The molecule has 45 heavy (non-hydrogen) atoms. The number of benzene rings is 2. The number of aromatic hydroxyl groups is 1. The van der Waals surface area contributed by atoms with Gasteiger partial charge in [-0.15, -0.1) is 0 Å². The lowest BCUT2D eigenvalue weighted by Crippen LogP contribution is -2.47. The van der Waals surface area contributed by atoms with E-state index in [0.29, 0.717) is 55.2 Å². The molecule has 0 amide bonds. The summed E-state index contributed by atoms with van der Waals surface area (Å²) in [5.41, 5.74) is 0.889. The first-order valence-electron chi connectivity index (χ1n) is 15.6. The van der Waals surface area contributed by atoms with Gasteiger partial charge in [0.25, 0.3) is 0 Å². The number of hydrogen-bond acceptors (Lipinski definition) is 11. The van der Waals surface area contributed by atoms with Crippen molar-refractivity contribution in [2.45, 2.75) is 81.1 Å². The molecule has 5 N–H and O–H groups in total. The Balaban J connectivity index is 1.45. The van der Waals surface area contributed by atoms with E-state index in [1.165, 1.54) is 43.9 Å². The number of phenolic OH excluding ortho intramolecular Hbond substituents is 1. The van der Waals surface area contributed by atoms with Gasteiger partial charge in [-0.1, -0.05) is 50.3 Å². The summed E-state index contributed by atoms with van der Waals surface area (Å²) in [5.74, 6) is 0.485. The van der Waals surface area contributed by atoms with E-state index in [4.69, 9.17) is 4.52 Å². The molecule has 2 heterocycles. The second-order valence-electron chi connectivity index (χ2n) is 11.7. The molecule has 0 radical (unpaired) electrons. The van der Waals surface area contributed by atoms with Gasteiger partial charge < -0.3 is 20.1 Å². The third-order valence-corrected chi connectivity index (χ3v) is 10.8. The van der Waals surface area contributed by atoms with Gasteiger partial charge in [-0.05, 0) is 80.2 Å². The largest absolute Gasteiger partial charge is 0.506 e. The topological polar surface area (TPSA) is 184 Å². The third-order valence-electron chi connectivity index (χ3n) is 8.01. The summed E-state index contributed by atoms with van der Waals surface area (Å²) in [6, 6.07) is 10.5. The zero-order chi connectivity index (χ0) is 32.5. The second kappa shape index (κ2) is 16.0. The highest BCUT2D eigenvalue weighted by Crippen LogP contribution is 2.30. The molecule has 0 aliphatic carbocycles. The summed E-state index contributed by atoms with van der Waals surface area (Å²) in [6.45, 7) is 3.44. The van der Waals surface area contributed by atoms with Crippen molar-refractivity contribution in [2.75, 3.05) is 30.6 Å². The minimum Gasteiger partial charge on any atom is -0.506 e. The van der Waals surface area contributed by atoms with Crippen molar-refractivity contribution in [2.24, 2.45) is 5.92 Å². The van der Waals surface area contributed by atoms with Gasteiger partial charge in [-0.2, -0.15) is 4.98 Å². The van der Waals surface area contributed by atoms with Crippen molar-refractivity contribution >= 4 is 25.5 Å². The standard InChI is InChI=1S/C31H45N5O7S2/c1-3-4-5-6-7-8-9-29-34-30(35-43-29)22-10-13-25(14-11-22)45(41,42)31(23-16-18-32-19-17-23)33-21-28(38)24-12-15-27(37)26(20-24)36-44(2,39)40/h10-15,20,23,28,31-33,36-38H,3-9,16-19,21H2,1-2H3. The van der Waals surface area contributed by atoms with Crippen molar-refractivity contribution in [3.8, 4) is 17.1 Å². The summed E-state index contributed by atoms with van der Waals surface area (Å²) in [4.78, 5) is 4.63. The van der Waals surface area contributed by atoms with Crippen molar-refractivity contribution in [1.29, 1.82) is 0 Å². The van der Waals surface area contributed by atoms with Crippen LogP contribution in [0.25, 0.3) is 11.4 Å². The smallest absolute Gasteiger partial charge is 0.229 e. The predicted molar refractivity (Wildman–Crippen MR) is 173 cm³/mol. The van der Waals surface area contributed by atoms with Crippen molar-refractivity contribution < 1.29 is 31.6 Å². The number of anilines is 1. The Morgan fingerprint density at radius 3 is 2.38 bits per heavy atom. The SMILES string of the molecule is CCCCCCCCc1nc(-c2ccc(S(=O)(=O)C(NCC(O)c3ccc(O)c(NS(C)(=O)=O)c3)C3CCNCC3)cc2)no1. The Morgan fingerprint density at radius 2 is 1.69 bits per heavy atom. The van der Waals surface area contributed by atoms with Gasteiger partial charge in [-0.3, -0.25) is 10.0 Å². The van der Waals surface area contributed by atoms with E-state index in [1.807, 2.05) is 0 Å². The van der Waals surface area contributed by atoms with Crippen LogP contribution in [0, 0.1) is 5.92 Å². The monoisotopic (exact) mass is 663 g/mol. The number of piperidine rings is 1. The van der Waals surface area contributed by atoms with Crippen LogP contribution in [0.3, 0.4) is 0 Å². The molecular weight excluding hydrogens is 619 g/mol. The quantitative estimate of drug-likeness (QED) is 0.103. The number of sulfone groups is 1. The predicted octanol–water partition coefficient (Wildman–Crippen LogP) is 4.14. The van der Waals surface area contributed by atoms with Crippen LogP contribution in [-0.2, 0) is 26.3 Å². The number of aliphatic hydroxyl groups is 1. The zero-order valence-electron chi connectivity index (χ0n) is 25.9. The van der Waals surface area contributed by atoms with Crippen molar-refractivity contribution in [1.82, 2.24) is 20.8 Å². The lowest BCUT2D eigenvalue weighted by atomic mass is 9.97.